The Labute approximate surface area is 134 Å². The number of rotatable bonds is 4. The number of hydrogen-bond acceptors (Lipinski definition) is 3. The smallest absolute Gasteiger partial charge is 0.227 e. The maximum absolute atomic E-state index is 11.9. The molecule has 5 heteroatoms. The molecule has 0 spiro atoms. The number of carbonyl (C=O) groups excluding carboxylic acids is 1. The van der Waals surface area contributed by atoms with Crippen LogP contribution < -0.4 is 5.32 Å². The van der Waals surface area contributed by atoms with Crippen LogP contribution in [0.3, 0.4) is 0 Å². The summed E-state index contributed by atoms with van der Waals surface area (Å²) in [5.41, 5.74) is 2.86. The largest absolute Gasteiger partial charge is 0.326 e. The van der Waals surface area contributed by atoms with E-state index in [-0.39, 0.29) is 11.8 Å². The monoisotopic (exact) mass is 306 g/mol. The molecule has 1 saturated carbocycles. The van der Waals surface area contributed by atoms with Crippen LogP contribution in [-0.2, 0) is 11.2 Å². The van der Waals surface area contributed by atoms with Gasteiger partial charge in [0, 0.05) is 24.2 Å². The standard InChI is InChI=1S/C18H18N4O/c23-18(14-4-3-5-14)19-15-9-7-13(8-10-15)12-17-21-20-16-6-1-2-11-22(16)17/h1-2,6-11,14H,3-5,12H2,(H,19,23). The van der Waals surface area contributed by atoms with E-state index in [1.807, 2.05) is 53.1 Å². The third-order valence-corrected chi connectivity index (χ3v) is 4.44. The van der Waals surface area contributed by atoms with Gasteiger partial charge in [0.15, 0.2) is 5.65 Å². The quantitative estimate of drug-likeness (QED) is 0.806. The van der Waals surface area contributed by atoms with Gasteiger partial charge < -0.3 is 5.32 Å². The molecule has 1 fully saturated rings. The summed E-state index contributed by atoms with van der Waals surface area (Å²) >= 11 is 0. The van der Waals surface area contributed by atoms with E-state index in [1.165, 1.54) is 6.42 Å². The van der Waals surface area contributed by atoms with E-state index in [1.54, 1.807) is 0 Å². The molecule has 0 atom stereocenters. The Kier molecular flexibility index (Phi) is 3.54. The van der Waals surface area contributed by atoms with Gasteiger partial charge in [-0.15, -0.1) is 10.2 Å². The SMILES string of the molecule is O=C(Nc1ccc(Cc2nnc3ccccn23)cc1)C1CCC1. The summed E-state index contributed by atoms with van der Waals surface area (Å²) in [5, 5.41) is 11.4. The highest BCUT2D eigenvalue weighted by Gasteiger charge is 2.24. The van der Waals surface area contributed by atoms with Crippen LogP contribution in [0.25, 0.3) is 5.65 Å². The van der Waals surface area contributed by atoms with E-state index in [0.717, 1.165) is 35.6 Å². The number of anilines is 1. The fraction of sp³-hybridized carbons (Fsp3) is 0.278. The third kappa shape index (κ3) is 2.82. The van der Waals surface area contributed by atoms with Crippen molar-refractivity contribution in [1.29, 1.82) is 0 Å². The van der Waals surface area contributed by atoms with Crippen LogP contribution in [0.5, 0.6) is 0 Å². The predicted molar refractivity (Wildman–Crippen MR) is 88.2 cm³/mol. The minimum absolute atomic E-state index is 0.146. The summed E-state index contributed by atoms with van der Waals surface area (Å²) < 4.78 is 1.99. The van der Waals surface area contributed by atoms with Crippen LogP contribution in [0.15, 0.2) is 48.7 Å². The first-order chi connectivity index (χ1) is 11.3. The molecule has 23 heavy (non-hydrogen) atoms. The Morgan fingerprint density at radius 3 is 2.70 bits per heavy atom. The molecule has 2 heterocycles. The highest BCUT2D eigenvalue weighted by atomic mass is 16.1. The highest BCUT2D eigenvalue weighted by Crippen LogP contribution is 2.27. The van der Waals surface area contributed by atoms with Crippen molar-refractivity contribution in [2.24, 2.45) is 5.92 Å². The van der Waals surface area contributed by atoms with Gasteiger partial charge in [0.05, 0.1) is 0 Å². The topological polar surface area (TPSA) is 59.3 Å². The number of hydrogen-bond donors (Lipinski definition) is 1. The maximum Gasteiger partial charge on any atom is 0.227 e. The summed E-state index contributed by atoms with van der Waals surface area (Å²) in [5.74, 6) is 1.26. The van der Waals surface area contributed by atoms with Crippen molar-refractivity contribution in [3.05, 3.63) is 60.0 Å². The van der Waals surface area contributed by atoms with E-state index < -0.39 is 0 Å². The molecule has 116 valence electrons. The molecule has 3 aromatic rings. The molecule has 0 aliphatic heterocycles. The van der Waals surface area contributed by atoms with Crippen LogP contribution in [0.1, 0.15) is 30.7 Å². The Morgan fingerprint density at radius 1 is 1.13 bits per heavy atom. The summed E-state index contributed by atoms with van der Waals surface area (Å²) in [7, 11) is 0. The first kappa shape index (κ1) is 13.9. The molecule has 2 aromatic heterocycles. The third-order valence-electron chi connectivity index (χ3n) is 4.44. The molecule has 1 aliphatic rings. The van der Waals surface area contributed by atoms with Crippen molar-refractivity contribution < 1.29 is 4.79 Å². The molecule has 0 bridgehead atoms. The Bertz CT molecular complexity index is 834. The molecular formula is C18H18N4O. The van der Waals surface area contributed by atoms with Crippen molar-refractivity contribution in [2.45, 2.75) is 25.7 Å². The maximum atomic E-state index is 11.9. The van der Waals surface area contributed by atoms with E-state index in [4.69, 9.17) is 0 Å². The normalized spacial score (nSPS) is 14.6. The zero-order valence-electron chi connectivity index (χ0n) is 12.8. The van der Waals surface area contributed by atoms with Gasteiger partial charge in [-0.3, -0.25) is 9.20 Å². The minimum atomic E-state index is 0.146. The summed E-state index contributed by atoms with van der Waals surface area (Å²) in [6.07, 6.45) is 5.89. The predicted octanol–water partition coefficient (Wildman–Crippen LogP) is 3.06. The first-order valence-corrected chi connectivity index (χ1v) is 7.98. The molecule has 4 rings (SSSR count). The number of pyridine rings is 1. The van der Waals surface area contributed by atoms with Crippen molar-refractivity contribution in [3.63, 3.8) is 0 Å². The van der Waals surface area contributed by atoms with Crippen molar-refractivity contribution in [2.75, 3.05) is 5.32 Å². The molecule has 0 saturated heterocycles. The molecule has 0 unspecified atom stereocenters. The first-order valence-electron chi connectivity index (χ1n) is 7.98. The molecule has 0 radical (unpaired) electrons. The highest BCUT2D eigenvalue weighted by molar-refractivity contribution is 5.92. The van der Waals surface area contributed by atoms with Gasteiger partial charge >= 0.3 is 0 Å². The lowest BCUT2D eigenvalue weighted by atomic mass is 9.85. The second kappa shape index (κ2) is 5.83. The zero-order valence-corrected chi connectivity index (χ0v) is 12.8. The van der Waals surface area contributed by atoms with Crippen molar-refractivity contribution in [3.8, 4) is 0 Å². The zero-order chi connectivity index (χ0) is 15.6. The Hall–Kier alpha value is -2.69. The molecular weight excluding hydrogens is 288 g/mol. The molecule has 1 aliphatic carbocycles. The molecule has 1 amide bonds. The lowest BCUT2D eigenvalue weighted by Crippen LogP contribution is -2.27. The van der Waals surface area contributed by atoms with Crippen LogP contribution in [-0.4, -0.2) is 20.5 Å². The fourth-order valence-corrected chi connectivity index (χ4v) is 2.81. The number of aromatic nitrogens is 3. The number of amides is 1. The van der Waals surface area contributed by atoms with Gasteiger partial charge in [-0.1, -0.05) is 24.6 Å². The number of fused-ring (bicyclic) bond motifs is 1. The van der Waals surface area contributed by atoms with E-state index >= 15 is 0 Å². The number of nitrogens with zero attached hydrogens (tertiary/aromatic N) is 3. The lowest BCUT2D eigenvalue weighted by Gasteiger charge is -2.24. The fourth-order valence-electron chi connectivity index (χ4n) is 2.81. The minimum Gasteiger partial charge on any atom is -0.326 e. The Morgan fingerprint density at radius 2 is 1.96 bits per heavy atom. The number of carbonyl (C=O) groups is 1. The average molecular weight is 306 g/mol. The van der Waals surface area contributed by atoms with Gasteiger partial charge in [0.2, 0.25) is 5.91 Å². The summed E-state index contributed by atoms with van der Waals surface area (Å²) in [6, 6.07) is 13.8. The van der Waals surface area contributed by atoms with Crippen LogP contribution in [0, 0.1) is 5.92 Å². The second-order valence-electron chi connectivity index (χ2n) is 6.04. The van der Waals surface area contributed by atoms with Gasteiger partial charge in [0.25, 0.3) is 0 Å². The molecule has 1 aromatic carbocycles. The number of benzene rings is 1. The van der Waals surface area contributed by atoms with Crippen LogP contribution >= 0.6 is 0 Å². The van der Waals surface area contributed by atoms with Crippen molar-refractivity contribution in [1.82, 2.24) is 14.6 Å². The summed E-state index contributed by atoms with van der Waals surface area (Å²) in [4.78, 5) is 11.9. The Balaban J connectivity index is 1.46. The lowest BCUT2D eigenvalue weighted by molar-refractivity contribution is -0.122. The van der Waals surface area contributed by atoms with Gasteiger partial charge in [-0.05, 0) is 42.7 Å². The second-order valence-corrected chi connectivity index (χ2v) is 6.04. The van der Waals surface area contributed by atoms with Gasteiger partial charge in [-0.2, -0.15) is 0 Å². The summed E-state index contributed by atoms with van der Waals surface area (Å²) in [6.45, 7) is 0. The van der Waals surface area contributed by atoms with Crippen molar-refractivity contribution >= 4 is 17.2 Å². The van der Waals surface area contributed by atoms with E-state index in [2.05, 4.69) is 15.5 Å². The number of nitrogens with one attached hydrogen (secondary N) is 1. The molecule has 1 N–H and O–H groups in total. The average Bonchev–Trinajstić information content (AvgIpc) is 2.91. The van der Waals surface area contributed by atoms with E-state index in [9.17, 15) is 4.79 Å². The van der Waals surface area contributed by atoms with Gasteiger partial charge in [-0.25, -0.2) is 0 Å². The molecule has 5 nitrogen and oxygen atoms in total. The van der Waals surface area contributed by atoms with Crippen LogP contribution in [0.4, 0.5) is 5.69 Å². The van der Waals surface area contributed by atoms with Gasteiger partial charge in [0.1, 0.15) is 5.82 Å². The van der Waals surface area contributed by atoms with E-state index in [0.29, 0.717) is 6.42 Å². The van der Waals surface area contributed by atoms with Crippen LogP contribution in [0.2, 0.25) is 0 Å².